The molecule has 2 heteroatoms. The molecule has 14 heavy (non-hydrogen) atoms. The summed E-state index contributed by atoms with van der Waals surface area (Å²) >= 11 is 0. The summed E-state index contributed by atoms with van der Waals surface area (Å²) in [5.74, 6) is 0.520. The Hall–Kier alpha value is -1.70. The molecule has 2 nitrogen and oxygen atoms in total. The Morgan fingerprint density at radius 1 is 1.00 bits per heavy atom. The molecular formula is C12H12O2. The number of fused-ring (bicyclic) bond motifs is 1. The molecule has 0 heterocycles. The smallest absolute Gasteiger partial charge is 0.119 e. The highest BCUT2D eigenvalue weighted by molar-refractivity contribution is 5.86. The molecule has 0 spiro atoms. The van der Waals surface area contributed by atoms with E-state index in [0.717, 1.165) is 22.8 Å². The van der Waals surface area contributed by atoms with Gasteiger partial charge in [-0.05, 0) is 47.0 Å². The van der Waals surface area contributed by atoms with Crippen molar-refractivity contribution in [3.63, 3.8) is 0 Å². The van der Waals surface area contributed by atoms with Crippen molar-refractivity contribution < 1.29 is 10.2 Å². The second-order valence-corrected chi connectivity index (χ2v) is 3.37. The third-order valence-electron chi connectivity index (χ3n) is 2.40. The van der Waals surface area contributed by atoms with E-state index in [1.54, 1.807) is 18.2 Å². The van der Waals surface area contributed by atoms with Gasteiger partial charge in [-0.3, -0.25) is 0 Å². The fourth-order valence-electron chi connectivity index (χ4n) is 1.60. The molecule has 0 fully saturated rings. The van der Waals surface area contributed by atoms with Crippen LogP contribution >= 0.6 is 0 Å². The number of hydrogen-bond donors (Lipinski definition) is 2. The lowest BCUT2D eigenvalue weighted by Gasteiger charge is -2.04. The second-order valence-electron chi connectivity index (χ2n) is 3.37. The predicted octanol–water partition coefficient (Wildman–Crippen LogP) is 2.81. The summed E-state index contributed by atoms with van der Waals surface area (Å²) in [6, 6.07) is 8.79. The van der Waals surface area contributed by atoms with E-state index in [9.17, 15) is 10.2 Å². The highest BCUT2D eigenvalue weighted by atomic mass is 16.3. The molecule has 0 aliphatic heterocycles. The van der Waals surface area contributed by atoms with Gasteiger partial charge in [0.1, 0.15) is 11.5 Å². The van der Waals surface area contributed by atoms with Gasteiger partial charge in [0, 0.05) is 0 Å². The Balaban J connectivity index is 2.73. The van der Waals surface area contributed by atoms with Gasteiger partial charge in [0.25, 0.3) is 0 Å². The standard InChI is InChI=1S/C12H12O2/c1-2-8-5-9-3-4-11(13)6-10(9)7-12(8)14/h3-7,13-14H,2H2,1H3. The number of benzene rings is 2. The van der Waals surface area contributed by atoms with E-state index in [1.807, 2.05) is 19.1 Å². The molecule has 2 rings (SSSR count). The molecular weight excluding hydrogens is 176 g/mol. The van der Waals surface area contributed by atoms with Gasteiger partial charge in [-0.25, -0.2) is 0 Å². The van der Waals surface area contributed by atoms with Crippen molar-refractivity contribution in [3.05, 3.63) is 35.9 Å². The molecule has 0 saturated carbocycles. The van der Waals surface area contributed by atoms with Gasteiger partial charge in [-0.15, -0.1) is 0 Å². The van der Waals surface area contributed by atoms with Crippen LogP contribution in [0, 0.1) is 0 Å². The van der Waals surface area contributed by atoms with Crippen molar-refractivity contribution in [1.29, 1.82) is 0 Å². The number of aromatic hydroxyl groups is 2. The topological polar surface area (TPSA) is 40.5 Å². The summed E-state index contributed by atoms with van der Waals surface area (Å²) in [6.07, 6.45) is 0.808. The summed E-state index contributed by atoms with van der Waals surface area (Å²) in [4.78, 5) is 0. The maximum atomic E-state index is 9.62. The quantitative estimate of drug-likeness (QED) is 0.722. The molecule has 0 bridgehead atoms. The van der Waals surface area contributed by atoms with E-state index in [0.29, 0.717) is 5.75 Å². The first-order chi connectivity index (χ1) is 6.70. The van der Waals surface area contributed by atoms with Crippen LogP contribution in [0.4, 0.5) is 0 Å². The highest BCUT2D eigenvalue weighted by Crippen LogP contribution is 2.27. The van der Waals surface area contributed by atoms with E-state index in [-0.39, 0.29) is 5.75 Å². The SMILES string of the molecule is CCc1cc2ccc(O)cc2cc1O. The first-order valence-electron chi connectivity index (χ1n) is 4.65. The molecule has 0 radical (unpaired) electrons. The highest BCUT2D eigenvalue weighted by Gasteiger charge is 2.02. The summed E-state index contributed by atoms with van der Waals surface area (Å²) in [5.41, 5.74) is 0.934. The second kappa shape index (κ2) is 3.22. The number of hydrogen-bond acceptors (Lipinski definition) is 2. The monoisotopic (exact) mass is 188 g/mol. The third kappa shape index (κ3) is 1.39. The third-order valence-corrected chi connectivity index (χ3v) is 2.40. The number of aryl methyl sites for hydroxylation is 1. The maximum absolute atomic E-state index is 9.62. The fraction of sp³-hybridized carbons (Fsp3) is 0.167. The van der Waals surface area contributed by atoms with Crippen molar-refractivity contribution in [1.82, 2.24) is 0 Å². The number of rotatable bonds is 1. The normalized spacial score (nSPS) is 10.6. The van der Waals surface area contributed by atoms with Crippen LogP contribution in [0.2, 0.25) is 0 Å². The minimum absolute atomic E-state index is 0.223. The van der Waals surface area contributed by atoms with Crippen molar-refractivity contribution in [3.8, 4) is 11.5 Å². The van der Waals surface area contributed by atoms with Crippen LogP contribution in [-0.2, 0) is 6.42 Å². The minimum atomic E-state index is 0.223. The van der Waals surface area contributed by atoms with Gasteiger partial charge in [-0.1, -0.05) is 13.0 Å². The van der Waals surface area contributed by atoms with E-state index in [1.165, 1.54) is 0 Å². The molecule has 2 N–H and O–H groups in total. The average molecular weight is 188 g/mol. The molecule has 0 aliphatic rings. The number of phenolic OH excluding ortho intramolecular Hbond substituents is 2. The van der Waals surface area contributed by atoms with Crippen LogP contribution in [0.15, 0.2) is 30.3 Å². The molecule has 2 aromatic carbocycles. The first kappa shape index (κ1) is 8.88. The fourth-order valence-corrected chi connectivity index (χ4v) is 1.60. The van der Waals surface area contributed by atoms with Crippen LogP contribution in [0.5, 0.6) is 11.5 Å². The lowest BCUT2D eigenvalue weighted by molar-refractivity contribution is 0.469. The molecule has 0 saturated heterocycles. The van der Waals surface area contributed by atoms with E-state index < -0.39 is 0 Å². The number of phenols is 2. The van der Waals surface area contributed by atoms with Crippen LogP contribution in [0.3, 0.4) is 0 Å². The first-order valence-corrected chi connectivity index (χ1v) is 4.65. The van der Waals surface area contributed by atoms with E-state index >= 15 is 0 Å². The largest absolute Gasteiger partial charge is 0.508 e. The molecule has 0 atom stereocenters. The van der Waals surface area contributed by atoms with E-state index in [2.05, 4.69) is 0 Å². The van der Waals surface area contributed by atoms with Crippen molar-refractivity contribution in [2.45, 2.75) is 13.3 Å². The van der Waals surface area contributed by atoms with Crippen LogP contribution in [0.1, 0.15) is 12.5 Å². The summed E-state index contributed by atoms with van der Waals surface area (Å²) in [7, 11) is 0. The zero-order valence-corrected chi connectivity index (χ0v) is 7.99. The van der Waals surface area contributed by atoms with Gasteiger partial charge in [-0.2, -0.15) is 0 Å². The van der Waals surface area contributed by atoms with Gasteiger partial charge >= 0.3 is 0 Å². The summed E-state index contributed by atoms with van der Waals surface area (Å²) in [6.45, 7) is 2.00. The molecule has 0 unspecified atom stereocenters. The van der Waals surface area contributed by atoms with Gasteiger partial charge in [0.2, 0.25) is 0 Å². The maximum Gasteiger partial charge on any atom is 0.119 e. The van der Waals surface area contributed by atoms with Gasteiger partial charge in [0.15, 0.2) is 0 Å². The predicted molar refractivity (Wildman–Crippen MR) is 56.7 cm³/mol. The Bertz CT molecular complexity index is 475. The molecule has 72 valence electrons. The van der Waals surface area contributed by atoms with Crippen molar-refractivity contribution in [2.24, 2.45) is 0 Å². The molecule has 0 aromatic heterocycles. The molecule has 2 aromatic rings. The lowest BCUT2D eigenvalue weighted by Crippen LogP contribution is -1.82. The van der Waals surface area contributed by atoms with Crippen molar-refractivity contribution >= 4 is 10.8 Å². The zero-order chi connectivity index (χ0) is 10.1. The average Bonchev–Trinajstić information content (AvgIpc) is 2.16. The van der Waals surface area contributed by atoms with Crippen LogP contribution in [0.25, 0.3) is 10.8 Å². The summed E-state index contributed by atoms with van der Waals surface area (Å²) in [5, 5.41) is 20.8. The Labute approximate surface area is 82.4 Å². The Morgan fingerprint density at radius 3 is 2.50 bits per heavy atom. The Morgan fingerprint density at radius 2 is 1.79 bits per heavy atom. The molecule has 0 aliphatic carbocycles. The zero-order valence-electron chi connectivity index (χ0n) is 7.99. The molecule has 0 amide bonds. The minimum Gasteiger partial charge on any atom is -0.508 e. The van der Waals surface area contributed by atoms with Crippen LogP contribution in [-0.4, -0.2) is 10.2 Å². The van der Waals surface area contributed by atoms with Gasteiger partial charge < -0.3 is 10.2 Å². The van der Waals surface area contributed by atoms with E-state index in [4.69, 9.17) is 0 Å². The van der Waals surface area contributed by atoms with Crippen LogP contribution < -0.4 is 0 Å². The van der Waals surface area contributed by atoms with Gasteiger partial charge in [0.05, 0.1) is 0 Å². The lowest BCUT2D eigenvalue weighted by atomic mass is 10.0. The Kier molecular flexibility index (Phi) is 2.04. The van der Waals surface area contributed by atoms with Crippen molar-refractivity contribution in [2.75, 3.05) is 0 Å². The summed E-state index contributed by atoms with van der Waals surface area (Å²) < 4.78 is 0.